The van der Waals surface area contributed by atoms with Gasteiger partial charge < -0.3 is 14.2 Å². The van der Waals surface area contributed by atoms with E-state index in [2.05, 4.69) is 17.0 Å². The average molecular weight is 412 g/mol. The van der Waals surface area contributed by atoms with E-state index in [1.807, 2.05) is 25.2 Å². The molecule has 0 unspecified atom stereocenters. The number of nitrogens with zero attached hydrogens (tertiary/aromatic N) is 3. The Morgan fingerprint density at radius 1 is 1.20 bits per heavy atom. The Labute approximate surface area is 176 Å². The standard InChI is InChI=1S/C23H29N3O4/c1-23(22(29)30-4)15-18(25(3)16-17-9-6-5-7-10-17)12-14-26(23)21(28)19-11-8-13-24(2)20(19)27/h5-11,13,18H,12,14-16H2,1-4H3/t18-,23+/m0/s1. The lowest BCUT2D eigenvalue weighted by Gasteiger charge is -2.47. The van der Waals surface area contributed by atoms with Gasteiger partial charge in [-0.2, -0.15) is 0 Å². The average Bonchev–Trinajstić information content (AvgIpc) is 2.75. The van der Waals surface area contributed by atoms with Crippen molar-refractivity contribution < 1.29 is 14.3 Å². The molecular weight excluding hydrogens is 382 g/mol. The number of likely N-dealkylation sites (tertiary alicyclic amines) is 1. The molecule has 0 N–H and O–H groups in total. The number of pyridine rings is 1. The maximum atomic E-state index is 13.3. The molecule has 30 heavy (non-hydrogen) atoms. The van der Waals surface area contributed by atoms with Gasteiger partial charge in [-0.1, -0.05) is 30.3 Å². The Kier molecular flexibility index (Phi) is 6.41. The van der Waals surface area contributed by atoms with E-state index in [0.29, 0.717) is 19.4 Å². The van der Waals surface area contributed by atoms with Crippen molar-refractivity contribution in [3.8, 4) is 0 Å². The minimum Gasteiger partial charge on any atom is -0.467 e. The third-order valence-corrected chi connectivity index (χ3v) is 6.04. The molecule has 1 fully saturated rings. The molecule has 1 aliphatic heterocycles. The van der Waals surface area contributed by atoms with Crippen LogP contribution in [0, 0.1) is 0 Å². The molecule has 0 spiro atoms. The first-order valence-corrected chi connectivity index (χ1v) is 10.1. The fourth-order valence-electron chi connectivity index (χ4n) is 4.22. The summed E-state index contributed by atoms with van der Waals surface area (Å²) in [5, 5.41) is 0. The van der Waals surface area contributed by atoms with Gasteiger partial charge in [-0.05, 0) is 44.5 Å². The number of rotatable bonds is 5. The second kappa shape index (κ2) is 8.83. The number of hydrogen-bond donors (Lipinski definition) is 0. The van der Waals surface area contributed by atoms with Crippen molar-refractivity contribution in [2.45, 2.75) is 37.9 Å². The summed E-state index contributed by atoms with van der Waals surface area (Å²) in [6.07, 6.45) is 2.74. The summed E-state index contributed by atoms with van der Waals surface area (Å²) < 4.78 is 6.44. The van der Waals surface area contributed by atoms with Crippen LogP contribution in [0.4, 0.5) is 0 Å². The number of amides is 1. The minimum atomic E-state index is -1.15. The molecule has 7 nitrogen and oxygen atoms in total. The van der Waals surface area contributed by atoms with Crippen LogP contribution in [0.2, 0.25) is 0 Å². The van der Waals surface area contributed by atoms with E-state index in [-0.39, 0.29) is 17.2 Å². The summed E-state index contributed by atoms with van der Waals surface area (Å²) in [5.41, 5.74) is -0.282. The minimum absolute atomic E-state index is 0.0613. The number of methoxy groups -OCH3 is 1. The monoisotopic (exact) mass is 411 g/mol. The van der Waals surface area contributed by atoms with Gasteiger partial charge in [0.1, 0.15) is 11.1 Å². The summed E-state index contributed by atoms with van der Waals surface area (Å²) in [6.45, 7) is 2.84. The highest BCUT2D eigenvalue weighted by molar-refractivity contribution is 5.98. The first-order chi connectivity index (χ1) is 14.3. The van der Waals surface area contributed by atoms with Gasteiger partial charge in [0.2, 0.25) is 0 Å². The predicted octanol–water partition coefficient (Wildman–Crippen LogP) is 2.05. The Balaban J connectivity index is 1.86. The number of benzene rings is 1. The van der Waals surface area contributed by atoms with E-state index in [9.17, 15) is 14.4 Å². The van der Waals surface area contributed by atoms with Crippen molar-refractivity contribution in [2.24, 2.45) is 7.05 Å². The zero-order chi connectivity index (χ0) is 21.9. The van der Waals surface area contributed by atoms with Gasteiger partial charge in [-0.15, -0.1) is 0 Å². The molecule has 2 heterocycles. The normalized spacial score (nSPS) is 21.5. The van der Waals surface area contributed by atoms with Gasteiger partial charge >= 0.3 is 5.97 Å². The lowest BCUT2D eigenvalue weighted by Crippen LogP contribution is -2.62. The molecule has 1 aromatic heterocycles. The maximum absolute atomic E-state index is 13.3. The molecule has 1 aliphatic rings. The summed E-state index contributed by atoms with van der Waals surface area (Å²) in [4.78, 5) is 42.2. The fraction of sp³-hybridized carbons (Fsp3) is 0.435. The Morgan fingerprint density at radius 3 is 2.57 bits per heavy atom. The number of aromatic nitrogens is 1. The van der Waals surface area contributed by atoms with Crippen LogP contribution in [-0.2, 0) is 23.1 Å². The van der Waals surface area contributed by atoms with Crippen LogP contribution in [-0.4, -0.2) is 58.5 Å². The van der Waals surface area contributed by atoms with E-state index >= 15 is 0 Å². The van der Waals surface area contributed by atoms with Crippen molar-refractivity contribution in [3.63, 3.8) is 0 Å². The van der Waals surface area contributed by atoms with Gasteiger partial charge in [-0.3, -0.25) is 14.5 Å². The molecule has 0 aliphatic carbocycles. The number of carbonyl (C=O) groups excluding carboxylic acids is 2. The molecule has 3 rings (SSSR count). The third-order valence-electron chi connectivity index (χ3n) is 6.04. The quantitative estimate of drug-likeness (QED) is 0.705. The van der Waals surface area contributed by atoms with Crippen LogP contribution < -0.4 is 5.56 Å². The molecular formula is C23H29N3O4. The molecule has 7 heteroatoms. The van der Waals surface area contributed by atoms with Crippen LogP contribution >= 0.6 is 0 Å². The Bertz CT molecular complexity index is 972. The number of carbonyl (C=O) groups is 2. The van der Waals surface area contributed by atoms with Gasteiger partial charge in [0.25, 0.3) is 11.5 Å². The van der Waals surface area contributed by atoms with E-state index in [0.717, 1.165) is 6.54 Å². The van der Waals surface area contributed by atoms with Crippen LogP contribution in [0.25, 0.3) is 0 Å². The molecule has 2 atom stereocenters. The molecule has 1 amide bonds. The SMILES string of the molecule is COC(=O)[C@@]1(C)C[C@@H](N(C)Cc2ccccc2)CCN1C(=O)c1cccn(C)c1=O. The lowest BCUT2D eigenvalue weighted by molar-refractivity contribution is -0.156. The van der Waals surface area contributed by atoms with Gasteiger partial charge in [-0.25, -0.2) is 4.79 Å². The zero-order valence-electron chi connectivity index (χ0n) is 18.0. The number of piperidine rings is 1. The first kappa shape index (κ1) is 21.8. The summed E-state index contributed by atoms with van der Waals surface area (Å²) in [6, 6.07) is 13.4. The van der Waals surface area contributed by atoms with Gasteiger partial charge in [0, 0.05) is 32.4 Å². The molecule has 0 saturated carbocycles. The van der Waals surface area contributed by atoms with Crippen molar-refractivity contribution in [1.29, 1.82) is 0 Å². The Morgan fingerprint density at radius 2 is 1.90 bits per heavy atom. The molecule has 1 aromatic carbocycles. The highest BCUT2D eigenvalue weighted by Gasteiger charge is 2.49. The van der Waals surface area contributed by atoms with Crippen molar-refractivity contribution >= 4 is 11.9 Å². The first-order valence-electron chi connectivity index (χ1n) is 10.1. The van der Waals surface area contributed by atoms with Crippen LogP contribution in [0.15, 0.2) is 53.5 Å². The van der Waals surface area contributed by atoms with Crippen LogP contribution in [0.1, 0.15) is 35.7 Å². The fourth-order valence-corrected chi connectivity index (χ4v) is 4.22. The maximum Gasteiger partial charge on any atom is 0.331 e. The lowest BCUT2D eigenvalue weighted by atomic mass is 9.84. The summed E-state index contributed by atoms with van der Waals surface area (Å²) >= 11 is 0. The zero-order valence-corrected chi connectivity index (χ0v) is 18.0. The Hall–Kier alpha value is -2.93. The second-order valence-corrected chi connectivity index (χ2v) is 8.11. The molecule has 2 aromatic rings. The van der Waals surface area contributed by atoms with Gasteiger partial charge in [0.05, 0.1) is 7.11 Å². The van der Waals surface area contributed by atoms with E-state index in [4.69, 9.17) is 4.74 Å². The number of hydrogen-bond acceptors (Lipinski definition) is 5. The molecule has 1 saturated heterocycles. The highest BCUT2D eigenvalue weighted by atomic mass is 16.5. The van der Waals surface area contributed by atoms with Gasteiger partial charge in [0.15, 0.2) is 0 Å². The van der Waals surface area contributed by atoms with Crippen molar-refractivity contribution in [3.05, 3.63) is 70.1 Å². The van der Waals surface area contributed by atoms with Crippen molar-refractivity contribution in [1.82, 2.24) is 14.4 Å². The van der Waals surface area contributed by atoms with Crippen molar-refractivity contribution in [2.75, 3.05) is 20.7 Å². The topological polar surface area (TPSA) is 71.8 Å². The molecule has 0 radical (unpaired) electrons. The van der Waals surface area contributed by atoms with E-state index < -0.39 is 17.4 Å². The largest absolute Gasteiger partial charge is 0.467 e. The smallest absolute Gasteiger partial charge is 0.331 e. The number of ether oxygens (including phenoxy) is 1. The van der Waals surface area contributed by atoms with E-state index in [1.165, 1.54) is 28.2 Å². The number of aryl methyl sites for hydroxylation is 1. The second-order valence-electron chi connectivity index (χ2n) is 8.11. The highest BCUT2D eigenvalue weighted by Crippen LogP contribution is 2.33. The number of esters is 1. The molecule has 160 valence electrons. The van der Waals surface area contributed by atoms with E-state index in [1.54, 1.807) is 26.2 Å². The summed E-state index contributed by atoms with van der Waals surface area (Å²) in [7, 11) is 4.96. The van der Waals surface area contributed by atoms with Crippen LogP contribution in [0.5, 0.6) is 0 Å². The summed E-state index contributed by atoms with van der Waals surface area (Å²) in [5.74, 6) is -0.908. The third kappa shape index (κ3) is 4.16. The van der Waals surface area contributed by atoms with Crippen LogP contribution in [0.3, 0.4) is 0 Å². The molecule has 0 bridgehead atoms. The predicted molar refractivity (Wildman–Crippen MR) is 114 cm³/mol.